The number of rotatable bonds is 8. The van der Waals surface area contributed by atoms with Gasteiger partial charge in [-0.05, 0) is 36.4 Å². The number of nitrogens with one attached hydrogen (secondary N) is 1. The first-order chi connectivity index (χ1) is 20.7. The van der Waals surface area contributed by atoms with Gasteiger partial charge in [-0.1, -0.05) is 23.4 Å². The van der Waals surface area contributed by atoms with Crippen LogP contribution in [0.3, 0.4) is 0 Å². The molecule has 4 heterocycles. The van der Waals surface area contributed by atoms with Crippen molar-refractivity contribution in [3.63, 3.8) is 0 Å². The zero-order valence-corrected chi connectivity index (χ0v) is 23.3. The van der Waals surface area contributed by atoms with Crippen LogP contribution in [0.1, 0.15) is 32.3 Å². The maximum absolute atomic E-state index is 15.1. The molecule has 5 aromatic rings. The van der Waals surface area contributed by atoms with Gasteiger partial charge in [0.1, 0.15) is 23.1 Å². The number of hydrogen-bond donors (Lipinski definition) is 1. The molecule has 43 heavy (non-hydrogen) atoms. The van der Waals surface area contributed by atoms with E-state index in [2.05, 4.69) is 15.1 Å². The lowest BCUT2D eigenvalue weighted by Gasteiger charge is -2.34. The summed E-state index contributed by atoms with van der Waals surface area (Å²) in [5.41, 5.74) is 0.705. The van der Waals surface area contributed by atoms with Crippen LogP contribution < -0.4 is 0 Å². The largest absolute Gasteiger partial charge is 0.468 e. The smallest absolute Gasteiger partial charge is 0.295 e. The first-order valence-corrected chi connectivity index (χ1v) is 15.1. The van der Waals surface area contributed by atoms with Crippen LogP contribution in [-0.4, -0.2) is 77.1 Å². The van der Waals surface area contributed by atoms with Crippen LogP contribution in [0.2, 0.25) is 0 Å². The highest BCUT2D eigenvalue weighted by atomic mass is 32.2. The molecule has 0 saturated carbocycles. The minimum atomic E-state index is -3.68. The third kappa shape index (κ3) is 5.68. The van der Waals surface area contributed by atoms with Crippen LogP contribution in [0.25, 0.3) is 22.4 Å². The summed E-state index contributed by atoms with van der Waals surface area (Å²) in [5.74, 6) is -3.46. The van der Waals surface area contributed by atoms with Crippen molar-refractivity contribution in [2.24, 2.45) is 0 Å². The van der Waals surface area contributed by atoms with Crippen molar-refractivity contribution in [1.29, 1.82) is 0 Å². The maximum Gasteiger partial charge on any atom is 0.295 e. The molecule has 14 heteroatoms. The molecule has 6 rings (SSSR count). The lowest BCUT2D eigenvalue weighted by molar-refractivity contribution is -0.127. The number of carbonyl (C=O) groups is 3. The lowest BCUT2D eigenvalue weighted by Crippen LogP contribution is -2.52. The fourth-order valence-corrected chi connectivity index (χ4v) is 6.19. The predicted octanol–water partition coefficient (Wildman–Crippen LogP) is 3.23. The van der Waals surface area contributed by atoms with Gasteiger partial charge >= 0.3 is 0 Å². The van der Waals surface area contributed by atoms with Gasteiger partial charge in [-0.25, -0.2) is 12.8 Å². The van der Waals surface area contributed by atoms with E-state index < -0.39 is 33.1 Å². The molecule has 0 aliphatic carbocycles. The molecule has 1 N–H and O–H groups in total. The van der Waals surface area contributed by atoms with Gasteiger partial charge in [0.2, 0.25) is 0 Å². The summed E-state index contributed by atoms with van der Waals surface area (Å²) in [6.07, 6.45) is 2.60. The number of piperazine rings is 1. The number of nitrogens with zero attached hydrogens (tertiary/aromatic N) is 4. The number of halogens is 1. The Labute approximate surface area is 244 Å². The SMILES string of the molecule is O=C(C(=O)N1CCN(C(=O)c2ccccc2)CC1)c1c[nH]c2c(-c3nc(CS(=O)(=O)Cc4ccco4)no3)ccc(F)c12. The van der Waals surface area contributed by atoms with Crippen molar-refractivity contribution in [3.8, 4) is 11.5 Å². The molecule has 0 unspecified atom stereocenters. The van der Waals surface area contributed by atoms with E-state index in [1.165, 1.54) is 29.5 Å². The Bertz CT molecular complexity index is 1930. The molecule has 1 fully saturated rings. The second kappa shape index (κ2) is 11.3. The Balaban J connectivity index is 1.18. The number of aromatic amines is 1. The molecule has 1 aliphatic heterocycles. The molecule has 0 radical (unpaired) electrons. The average molecular weight is 606 g/mol. The fraction of sp³-hybridized carbons (Fsp3) is 0.207. The van der Waals surface area contributed by atoms with Crippen LogP contribution in [0, 0.1) is 5.82 Å². The van der Waals surface area contributed by atoms with E-state index in [0.29, 0.717) is 5.56 Å². The van der Waals surface area contributed by atoms with E-state index in [0.717, 1.165) is 6.07 Å². The van der Waals surface area contributed by atoms with Crippen molar-refractivity contribution in [3.05, 3.63) is 95.6 Å². The molecule has 2 amide bonds. The third-order valence-electron chi connectivity index (χ3n) is 7.09. The number of sulfone groups is 1. The van der Waals surface area contributed by atoms with Crippen LogP contribution in [0.4, 0.5) is 4.39 Å². The average Bonchev–Trinajstić information content (AvgIpc) is 3.79. The van der Waals surface area contributed by atoms with Gasteiger partial charge < -0.3 is 23.7 Å². The number of carbonyl (C=O) groups excluding carboxylic acids is 3. The van der Waals surface area contributed by atoms with E-state index in [4.69, 9.17) is 8.94 Å². The standard InChI is InChI=1S/C29H24FN5O7S/c30-22-9-8-20(27-32-23(33-42-27)17-43(39,40)16-19-7-4-14-41-19)25-24(22)21(15-31-25)26(36)29(38)35-12-10-34(11-13-35)28(37)18-5-2-1-3-6-18/h1-9,14-15,31H,10-13,16-17H2. The van der Waals surface area contributed by atoms with E-state index in [9.17, 15) is 22.8 Å². The molecular weight excluding hydrogens is 581 g/mol. The van der Waals surface area contributed by atoms with Gasteiger partial charge in [-0.15, -0.1) is 0 Å². The highest BCUT2D eigenvalue weighted by Gasteiger charge is 2.31. The predicted molar refractivity (Wildman–Crippen MR) is 150 cm³/mol. The third-order valence-corrected chi connectivity index (χ3v) is 8.51. The Morgan fingerprint density at radius 2 is 1.67 bits per heavy atom. The van der Waals surface area contributed by atoms with Gasteiger partial charge in [0.15, 0.2) is 15.7 Å². The van der Waals surface area contributed by atoms with Crippen LogP contribution in [0.5, 0.6) is 0 Å². The fourth-order valence-electron chi connectivity index (χ4n) is 4.98. The second-order valence-electron chi connectivity index (χ2n) is 9.95. The Morgan fingerprint density at radius 3 is 2.40 bits per heavy atom. The minimum absolute atomic E-state index is 0.0976. The summed E-state index contributed by atoms with van der Waals surface area (Å²) in [6, 6.07) is 14.3. The number of aromatic nitrogens is 3. The molecule has 0 atom stereocenters. The number of ketones is 1. The highest BCUT2D eigenvalue weighted by Crippen LogP contribution is 2.32. The zero-order valence-electron chi connectivity index (χ0n) is 22.5. The molecule has 1 saturated heterocycles. The first-order valence-electron chi connectivity index (χ1n) is 13.2. The Hall–Kier alpha value is -5.11. The molecule has 1 aliphatic rings. The molecule has 12 nitrogen and oxygen atoms in total. The van der Waals surface area contributed by atoms with Gasteiger partial charge in [-0.3, -0.25) is 14.4 Å². The summed E-state index contributed by atoms with van der Waals surface area (Å²) in [7, 11) is -3.68. The van der Waals surface area contributed by atoms with Gasteiger partial charge in [0, 0.05) is 43.3 Å². The van der Waals surface area contributed by atoms with E-state index in [1.807, 2.05) is 6.07 Å². The van der Waals surface area contributed by atoms with Crippen LogP contribution >= 0.6 is 0 Å². The van der Waals surface area contributed by atoms with E-state index in [-0.39, 0.29) is 77.3 Å². The lowest BCUT2D eigenvalue weighted by atomic mass is 10.0. The van der Waals surface area contributed by atoms with Crippen molar-refractivity contribution in [2.75, 3.05) is 26.2 Å². The number of fused-ring (bicyclic) bond motifs is 1. The Morgan fingerprint density at radius 1 is 0.930 bits per heavy atom. The molecule has 220 valence electrons. The zero-order chi connectivity index (χ0) is 30.1. The summed E-state index contributed by atoms with van der Waals surface area (Å²) in [6.45, 7) is 0.783. The quantitative estimate of drug-likeness (QED) is 0.207. The van der Waals surface area contributed by atoms with Crippen molar-refractivity contribution < 1.29 is 36.1 Å². The van der Waals surface area contributed by atoms with Gasteiger partial charge in [0.05, 0.1) is 22.9 Å². The van der Waals surface area contributed by atoms with E-state index in [1.54, 1.807) is 35.2 Å². The first kappa shape index (κ1) is 28.0. The minimum Gasteiger partial charge on any atom is -0.468 e. The summed E-state index contributed by atoms with van der Waals surface area (Å²) >= 11 is 0. The van der Waals surface area contributed by atoms with Gasteiger partial charge in [-0.2, -0.15) is 4.98 Å². The number of hydrogen-bond acceptors (Lipinski definition) is 9. The number of benzene rings is 2. The summed E-state index contributed by atoms with van der Waals surface area (Å²) in [4.78, 5) is 49.0. The molecule has 3 aromatic heterocycles. The second-order valence-corrected chi connectivity index (χ2v) is 12.0. The molecule has 0 bridgehead atoms. The topological polar surface area (TPSA) is 160 Å². The van der Waals surface area contributed by atoms with E-state index >= 15 is 4.39 Å². The summed E-state index contributed by atoms with van der Waals surface area (Å²) in [5, 5.41) is 3.61. The van der Waals surface area contributed by atoms with Crippen molar-refractivity contribution in [2.45, 2.75) is 11.5 Å². The number of amides is 2. The summed E-state index contributed by atoms with van der Waals surface area (Å²) < 4.78 is 50.5. The normalized spacial score (nSPS) is 13.9. The number of furan rings is 1. The van der Waals surface area contributed by atoms with Crippen LogP contribution in [-0.2, 0) is 26.1 Å². The number of H-pyrrole nitrogens is 1. The highest BCUT2D eigenvalue weighted by molar-refractivity contribution is 7.89. The monoisotopic (exact) mass is 605 g/mol. The van der Waals surface area contributed by atoms with Crippen LogP contribution in [0.15, 0.2) is 76.0 Å². The molecule has 0 spiro atoms. The van der Waals surface area contributed by atoms with Crippen molar-refractivity contribution >= 4 is 38.3 Å². The number of Topliss-reactive ketones (excluding diaryl/α,β-unsaturated/α-hetero) is 1. The maximum atomic E-state index is 15.1. The van der Waals surface area contributed by atoms with Gasteiger partial charge in [0.25, 0.3) is 23.5 Å². The Kier molecular flexibility index (Phi) is 7.36. The molecular formula is C29H24FN5O7S. The molecule has 2 aromatic carbocycles. The van der Waals surface area contributed by atoms with Crippen molar-refractivity contribution in [1.82, 2.24) is 24.9 Å².